The van der Waals surface area contributed by atoms with E-state index in [1.807, 2.05) is 31.7 Å². The van der Waals surface area contributed by atoms with Crippen molar-refractivity contribution in [1.29, 1.82) is 0 Å². The van der Waals surface area contributed by atoms with Crippen LogP contribution < -0.4 is 10.2 Å². The molecule has 0 aliphatic rings. The predicted octanol–water partition coefficient (Wildman–Crippen LogP) is 5.44. The first-order valence-electron chi connectivity index (χ1n) is 8.39. The molecule has 0 bridgehead atoms. The molecule has 6 heteroatoms. The number of nitrogens with one attached hydrogen (secondary N) is 1. The number of carbonyl (C=O) groups is 1. The molecule has 0 unspecified atom stereocenters. The lowest BCUT2D eigenvalue weighted by atomic mass is 10.1. The standard InChI is InChI=1S/C20H23Cl2FN2O/c1-20(2,3)24-19(26)10-11-25(13-14-4-6-15(23)7-5-14)16-8-9-17(21)18(22)12-16/h4-9,12H,10-11,13H2,1-3H3,(H,24,26). The quantitative estimate of drug-likeness (QED) is 0.704. The first kappa shape index (κ1) is 20.5. The molecule has 1 N–H and O–H groups in total. The van der Waals surface area contributed by atoms with Gasteiger partial charge in [-0.3, -0.25) is 4.79 Å². The van der Waals surface area contributed by atoms with Crippen LogP contribution in [0.5, 0.6) is 0 Å². The van der Waals surface area contributed by atoms with Crippen LogP contribution >= 0.6 is 23.2 Å². The molecule has 0 radical (unpaired) electrons. The van der Waals surface area contributed by atoms with Gasteiger partial charge in [0.15, 0.2) is 0 Å². The molecule has 3 nitrogen and oxygen atoms in total. The molecule has 0 aliphatic carbocycles. The highest BCUT2D eigenvalue weighted by Crippen LogP contribution is 2.28. The average Bonchev–Trinajstić information content (AvgIpc) is 2.54. The zero-order valence-electron chi connectivity index (χ0n) is 15.2. The first-order chi connectivity index (χ1) is 12.1. The van der Waals surface area contributed by atoms with Gasteiger partial charge in [0.25, 0.3) is 0 Å². The normalized spacial score (nSPS) is 11.3. The van der Waals surface area contributed by atoms with Gasteiger partial charge in [0.1, 0.15) is 5.82 Å². The lowest BCUT2D eigenvalue weighted by Crippen LogP contribution is -2.42. The van der Waals surface area contributed by atoms with E-state index in [4.69, 9.17) is 23.2 Å². The van der Waals surface area contributed by atoms with Crippen molar-refractivity contribution in [2.45, 2.75) is 39.3 Å². The molecular weight excluding hydrogens is 374 g/mol. The molecule has 2 aromatic carbocycles. The van der Waals surface area contributed by atoms with Crippen molar-refractivity contribution in [3.05, 3.63) is 63.9 Å². The summed E-state index contributed by atoms with van der Waals surface area (Å²) in [5.41, 5.74) is 1.52. The number of nitrogens with zero attached hydrogens (tertiary/aromatic N) is 1. The van der Waals surface area contributed by atoms with Gasteiger partial charge in [0.2, 0.25) is 5.91 Å². The van der Waals surface area contributed by atoms with Crippen molar-refractivity contribution in [3.8, 4) is 0 Å². The number of benzene rings is 2. The largest absolute Gasteiger partial charge is 0.367 e. The minimum Gasteiger partial charge on any atom is -0.367 e. The molecule has 2 aromatic rings. The van der Waals surface area contributed by atoms with E-state index in [9.17, 15) is 9.18 Å². The Morgan fingerprint density at radius 2 is 1.73 bits per heavy atom. The number of amides is 1. The second-order valence-corrected chi connectivity index (χ2v) is 8.01. The highest BCUT2D eigenvalue weighted by atomic mass is 35.5. The summed E-state index contributed by atoms with van der Waals surface area (Å²) in [6.45, 7) is 6.86. The monoisotopic (exact) mass is 396 g/mol. The second-order valence-electron chi connectivity index (χ2n) is 7.19. The van der Waals surface area contributed by atoms with Crippen molar-refractivity contribution >= 4 is 34.8 Å². The highest BCUT2D eigenvalue weighted by molar-refractivity contribution is 6.42. The molecule has 2 rings (SSSR count). The van der Waals surface area contributed by atoms with Crippen molar-refractivity contribution < 1.29 is 9.18 Å². The minimum atomic E-state index is -0.278. The third-order valence-corrected chi connectivity index (χ3v) is 4.42. The van der Waals surface area contributed by atoms with E-state index in [1.54, 1.807) is 24.3 Å². The second kappa shape index (κ2) is 8.74. The maximum absolute atomic E-state index is 13.2. The van der Waals surface area contributed by atoms with Gasteiger partial charge in [-0.2, -0.15) is 0 Å². The number of halogens is 3. The van der Waals surface area contributed by atoms with Crippen LogP contribution in [0.4, 0.5) is 10.1 Å². The lowest BCUT2D eigenvalue weighted by molar-refractivity contribution is -0.122. The van der Waals surface area contributed by atoms with Gasteiger partial charge in [-0.05, 0) is 56.7 Å². The third-order valence-electron chi connectivity index (χ3n) is 3.68. The van der Waals surface area contributed by atoms with Gasteiger partial charge in [-0.15, -0.1) is 0 Å². The Hall–Kier alpha value is -1.78. The summed E-state index contributed by atoms with van der Waals surface area (Å²) in [4.78, 5) is 14.2. The Bertz CT molecular complexity index is 757. The molecule has 0 saturated heterocycles. The summed E-state index contributed by atoms with van der Waals surface area (Å²) < 4.78 is 13.2. The van der Waals surface area contributed by atoms with Crippen LogP contribution in [0, 0.1) is 5.82 Å². The van der Waals surface area contributed by atoms with Crippen LogP contribution in [-0.2, 0) is 11.3 Å². The number of hydrogen-bond donors (Lipinski definition) is 1. The fraction of sp³-hybridized carbons (Fsp3) is 0.350. The van der Waals surface area contributed by atoms with Crippen LogP contribution in [0.3, 0.4) is 0 Å². The van der Waals surface area contributed by atoms with E-state index in [-0.39, 0.29) is 17.3 Å². The van der Waals surface area contributed by atoms with E-state index in [1.165, 1.54) is 12.1 Å². The van der Waals surface area contributed by atoms with Gasteiger partial charge in [0.05, 0.1) is 10.0 Å². The van der Waals surface area contributed by atoms with Crippen LogP contribution in [0.15, 0.2) is 42.5 Å². The van der Waals surface area contributed by atoms with E-state index in [2.05, 4.69) is 5.32 Å². The predicted molar refractivity (Wildman–Crippen MR) is 106 cm³/mol. The molecule has 0 saturated carbocycles. The molecule has 1 amide bonds. The molecule has 0 aliphatic heterocycles. The molecule has 0 spiro atoms. The van der Waals surface area contributed by atoms with E-state index in [0.29, 0.717) is 29.6 Å². The molecule has 26 heavy (non-hydrogen) atoms. The molecule has 0 fully saturated rings. The first-order valence-corrected chi connectivity index (χ1v) is 9.15. The van der Waals surface area contributed by atoms with Crippen molar-refractivity contribution in [1.82, 2.24) is 5.32 Å². The van der Waals surface area contributed by atoms with Crippen LogP contribution in [0.25, 0.3) is 0 Å². The number of rotatable bonds is 6. The van der Waals surface area contributed by atoms with Crippen molar-refractivity contribution in [3.63, 3.8) is 0 Å². The Morgan fingerprint density at radius 1 is 1.08 bits per heavy atom. The van der Waals surface area contributed by atoms with Gasteiger partial charge >= 0.3 is 0 Å². The molecule has 140 valence electrons. The summed E-state index contributed by atoms with van der Waals surface area (Å²) in [7, 11) is 0. The molecule has 0 heterocycles. The van der Waals surface area contributed by atoms with Crippen molar-refractivity contribution in [2.24, 2.45) is 0 Å². The number of carbonyl (C=O) groups excluding carboxylic acids is 1. The summed E-state index contributed by atoms with van der Waals surface area (Å²) in [6, 6.07) is 11.7. The molecular formula is C20H23Cl2FN2O. The molecule has 0 aromatic heterocycles. The number of hydrogen-bond acceptors (Lipinski definition) is 2. The summed E-state index contributed by atoms with van der Waals surface area (Å²) >= 11 is 12.2. The number of anilines is 1. The Kier molecular flexibility index (Phi) is 6.90. The maximum Gasteiger partial charge on any atom is 0.222 e. The summed E-state index contributed by atoms with van der Waals surface area (Å²) in [5.74, 6) is -0.305. The summed E-state index contributed by atoms with van der Waals surface area (Å²) in [5, 5.41) is 3.88. The van der Waals surface area contributed by atoms with Gasteiger partial charge < -0.3 is 10.2 Å². The van der Waals surface area contributed by atoms with E-state index in [0.717, 1.165) is 11.3 Å². The third kappa shape index (κ3) is 6.50. The topological polar surface area (TPSA) is 32.3 Å². The Morgan fingerprint density at radius 3 is 2.31 bits per heavy atom. The van der Waals surface area contributed by atoms with E-state index >= 15 is 0 Å². The van der Waals surface area contributed by atoms with Gasteiger partial charge in [0, 0.05) is 30.7 Å². The zero-order valence-corrected chi connectivity index (χ0v) is 16.7. The van der Waals surface area contributed by atoms with Crippen LogP contribution in [-0.4, -0.2) is 18.0 Å². The van der Waals surface area contributed by atoms with Crippen LogP contribution in [0.1, 0.15) is 32.8 Å². The Balaban J connectivity index is 2.16. The smallest absolute Gasteiger partial charge is 0.222 e. The van der Waals surface area contributed by atoms with Gasteiger partial charge in [-0.25, -0.2) is 4.39 Å². The fourth-order valence-corrected chi connectivity index (χ4v) is 2.80. The zero-order chi connectivity index (χ0) is 19.3. The fourth-order valence-electron chi connectivity index (χ4n) is 2.51. The lowest BCUT2D eigenvalue weighted by Gasteiger charge is -2.26. The van der Waals surface area contributed by atoms with Crippen molar-refractivity contribution in [2.75, 3.05) is 11.4 Å². The van der Waals surface area contributed by atoms with Crippen LogP contribution in [0.2, 0.25) is 10.0 Å². The SMILES string of the molecule is CC(C)(C)NC(=O)CCN(Cc1ccc(F)cc1)c1ccc(Cl)c(Cl)c1. The summed E-state index contributed by atoms with van der Waals surface area (Å²) in [6.07, 6.45) is 0.332. The van der Waals surface area contributed by atoms with Gasteiger partial charge in [-0.1, -0.05) is 35.3 Å². The molecule has 0 atom stereocenters. The Labute approximate surface area is 164 Å². The average molecular weight is 397 g/mol. The highest BCUT2D eigenvalue weighted by Gasteiger charge is 2.16. The minimum absolute atomic E-state index is 0.0262. The van der Waals surface area contributed by atoms with E-state index < -0.39 is 0 Å². The maximum atomic E-state index is 13.2.